The summed E-state index contributed by atoms with van der Waals surface area (Å²) in [6, 6.07) is -2.12. The molecule has 0 aromatic heterocycles. The molecule has 4 atom stereocenters. The average molecular weight is 522 g/mol. The SMILES string of the molecule is C=CCCC(CCCCCCC)C(=O)N[C@@H](CC(C)C)C(=O)N[C@@H](CC(CC=C)C(=O)N(C)C)C(=O)O. The molecular weight excluding hydrogens is 470 g/mol. The third kappa shape index (κ3) is 14.6. The number of unbranched alkanes of at least 4 members (excludes halogenated alkanes) is 4. The number of carboxylic acid groups (broad SMARTS) is 1. The van der Waals surface area contributed by atoms with E-state index >= 15 is 0 Å². The largest absolute Gasteiger partial charge is 0.480 e. The summed E-state index contributed by atoms with van der Waals surface area (Å²) in [7, 11) is 3.21. The predicted molar refractivity (Wildman–Crippen MR) is 149 cm³/mol. The van der Waals surface area contributed by atoms with Gasteiger partial charge in [-0.1, -0.05) is 65.0 Å². The minimum absolute atomic E-state index is 0.0633. The molecule has 0 aliphatic heterocycles. The highest BCUT2D eigenvalue weighted by atomic mass is 16.4. The molecule has 0 radical (unpaired) electrons. The Morgan fingerprint density at radius 2 is 1.46 bits per heavy atom. The second-order valence-electron chi connectivity index (χ2n) is 10.5. The van der Waals surface area contributed by atoms with Gasteiger partial charge in [0, 0.05) is 25.9 Å². The number of amides is 3. The first-order chi connectivity index (χ1) is 17.5. The first-order valence-corrected chi connectivity index (χ1v) is 13.7. The van der Waals surface area contributed by atoms with Gasteiger partial charge in [0.1, 0.15) is 12.1 Å². The highest BCUT2D eigenvalue weighted by Crippen LogP contribution is 2.19. The van der Waals surface area contributed by atoms with Gasteiger partial charge < -0.3 is 20.6 Å². The summed E-state index contributed by atoms with van der Waals surface area (Å²) in [5.41, 5.74) is 0. The zero-order chi connectivity index (χ0) is 28.4. The Labute approximate surface area is 224 Å². The van der Waals surface area contributed by atoms with Crippen molar-refractivity contribution in [2.45, 2.75) is 103 Å². The summed E-state index contributed by atoms with van der Waals surface area (Å²) in [4.78, 5) is 52.3. The smallest absolute Gasteiger partial charge is 0.326 e. The standard InChI is InChI=1S/C29H51N3O5/c1-8-11-13-14-15-18-22(17-12-9-2)26(33)30-24(19-21(4)5)27(34)31-25(29(36)37)20-23(16-10-3)28(35)32(6)7/h9-10,21-25H,2-3,8,11-20H2,1,4-7H3,(H,30,33)(H,31,34)(H,36,37)/t22?,23?,24-,25-/m0/s1. The molecule has 2 unspecified atom stereocenters. The summed E-state index contributed by atoms with van der Waals surface area (Å²) in [5.74, 6) is -2.93. The van der Waals surface area contributed by atoms with E-state index in [2.05, 4.69) is 30.7 Å². The van der Waals surface area contributed by atoms with Crippen molar-refractivity contribution < 1.29 is 24.3 Å². The van der Waals surface area contributed by atoms with Crippen LogP contribution in [0.1, 0.15) is 91.4 Å². The Balaban J connectivity index is 5.51. The zero-order valence-corrected chi connectivity index (χ0v) is 23.8. The van der Waals surface area contributed by atoms with Gasteiger partial charge >= 0.3 is 5.97 Å². The predicted octanol–water partition coefficient (Wildman–Crippen LogP) is 4.70. The lowest BCUT2D eigenvalue weighted by Crippen LogP contribution is -2.53. The number of nitrogens with one attached hydrogen (secondary N) is 2. The van der Waals surface area contributed by atoms with Crippen LogP contribution < -0.4 is 10.6 Å². The fourth-order valence-corrected chi connectivity index (χ4v) is 4.35. The highest BCUT2D eigenvalue weighted by molar-refractivity contribution is 5.91. The van der Waals surface area contributed by atoms with Gasteiger partial charge in [0.2, 0.25) is 17.7 Å². The van der Waals surface area contributed by atoms with Crippen molar-refractivity contribution in [1.29, 1.82) is 0 Å². The fourth-order valence-electron chi connectivity index (χ4n) is 4.35. The van der Waals surface area contributed by atoms with E-state index < -0.39 is 29.9 Å². The van der Waals surface area contributed by atoms with Gasteiger partial charge in [-0.25, -0.2) is 4.79 Å². The molecule has 0 aromatic rings. The Morgan fingerprint density at radius 3 is 1.97 bits per heavy atom. The lowest BCUT2D eigenvalue weighted by atomic mass is 9.93. The van der Waals surface area contributed by atoms with E-state index in [1.807, 2.05) is 13.8 Å². The molecule has 0 saturated carbocycles. The Morgan fingerprint density at radius 1 is 0.838 bits per heavy atom. The Hall–Kier alpha value is -2.64. The van der Waals surface area contributed by atoms with Crippen molar-refractivity contribution in [3.8, 4) is 0 Å². The Bertz CT molecular complexity index is 735. The van der Waals surface area contributed by atoms with Crippen molar-refractivity contribution in [3.05, 3.63) is 25.3 Å². The fraction of sp³-hybridized carbons (Fsp3) is 0.724. The molecule has 8 heteroatoms. The molecule has 3 N–H and O–H groups in total. The maximum Gasteiger partial charge on any atom is 0.326 e. The van der Waals surface area contributed by atoms with Crippen LogP contribution in [0.4, 0.5) is 0 Å². The lowest BCUT2D eigenvalue weighted by Gasteiger charge is -2.27. The second kappa shape index (κ2) is 19.5. The first-order valence-electron chi connectivity index (χ1n) is 13.7. The average Bonchev–Trinajstić information content (AvgIpc) is 2.83. The monoisotopic (exact) mass is 521 g/mol. The minimum Gasteiger partial charge on any atom is -0.480 e. The van der Waals surface area contributed by atoms with Crippen molar-refractivity contribution in [2.24, 2.45) is 17.8 Å². The maximum absolute atomic E-state index is 13.2. The first kappa shape index (κ1) is 34.4. The number of rotatable bonds is 21. The molecule has 0 aliphatic rings. The topological polar surface area (TPSA) is 116 Å². The number of hydrogen-bond acceptors (Lipinski definition) is 4. The lowest BCUT2D eigenvalue weighted by molar-refractivity contribution is -0.143. The number of allylic oxidation sites excluding steroid dienone is 2. The Kier molecular flexibility index (Phi) is 18.1. The summed E-state index contributed by atoms with van der Waals surface area (Å²) >= 11 is 0. The van der Waals surface area contributed by atoms with E-state index in [1.54, 1.807) is 26.2 Å². The molecule has 212 valence electrons. The summed E-state index contributed by atoms with van der Waals surface area (Å²) < 4.78 is 0. The van der Waals surface area contributed by atoms with Crippen LogP contribution in [-0.4, -0.2) is 59.9 Å². The van der Waals surface area contributed by atoms with Gasteiger partial charge in [0.15, 0.2) is 0 Å². The van der Waals surface area contributed by atoms with Gasteiger partial charge in [-0.2, -0.15) is 0 Å². The van der Waals surface area contributed by atoms with Gasteiger partial charge in [0.05, 0.1) is 0 Å². The number of hydrogen-bond donors (Lipinski definition) is 3. The molecule has 0 spiro atoms. The molecule has 3 amide bonds. The molecule has 37 heavy (non-hydrogen) atoms. The van der Waals surface area contributed by atoms with Crippen LogP contribution in [0.2, 0.25) is 0 Å². The van der Waals surface area contributed by atoms with Gasteiger partial charge in [0.25, 0.3) is 0 Å². The van der Waals surface area contributed by atoms with Crippen molar-refractivity contribution >= 4 is 23.7 Å². The van der Waals surface area contributed by atoms with Crippen LogP contribution in [0.3, 0.4) is 0 Å². The molecule has 0 rings (SSSR count). The van der Waals surface area contributed by atoms with E-state index in [4.69, 9.17) is 0 Å². The van der Waals surface area contributed by atoms with E-state index in [9.17, 15) is 24.3 Å². The van der Waals surface area contributed by atoms with Crippen LogP contribution in [-0.2, 0) is 19.2 Å². The normalized spacial score (nSPS) is 14.2. The molecule has 0 fully saturated rings. The van der Waals surface area contributed by atoms with Crippen LogP contribution in [0, 0.1) is 17.8 Å². The van der Waals surface area contributed by atoms with E-state index in [0.717, 1.165) is 32.1 Å². The van der Waals surface area contributed by atoms with Gasteiger partial charge in [-0.15, -0.1) is 13.2 Å². The van der Waals surface area contributed by atoms with Crippen LogP contribution in [0.5, 0.6) is 0 Å². The number of carbonyl (C=O) groups is 4. The highest BCUT2D eigenvalue weighted by Gasteiger charge is 2.32. The summed E-state index contributed by atoms with van der Waals surface area (Å²) in [5, 5.41) is 15.3. The number of nitrogens with zero attached hydrogens (tertiary/aromatic N) is 1. The maximum atomic E-state index is 13.2. The van der Waals surface area contributed by atoms with Crippen molar-refractivity contribution in [3.63, 3.8) is 0 Å². The number of aliphatic carboxylic acids is 1. The van der Waals surface area contributed by atoms with E-state index in [0.29, 0.717) is 25.7 Å². The van der Waals surface area contributed by atoms with Crippen LogP contribution in [0.25, 0.3) is 0 Å². The van der Waals surface area contributed by atoms with Gasteiger partial charge in [-0.05, 0) is 44.4 Å². The van der Waals surface area contributed by atoms with Crippen molar-refractivity contribution in [2.75, 3.05) is 14.1 Å². The molecule has 0 bridgehead atoms. The molecule has 0 heterocycles. The third-order valence-electron chi connectivity index (χ3n) is 6.46. The third-order valence-corrected chi connectivity index (χ3v) is 6.46. The molecule has 0 aliphatic carbocycles. The minimum atomic E-state index is -1.26. The number of carbonyl (C=O) groups excluding carboxylic acids is 3. The second-order valence-corrected chi connectivity index (χ2v) is 10.5. The molecule has 0 saturated heterocycles. The molecular formula is C29H51N3O5. The van der Waals surface area contributed by atoms with Crippen LogP contribution in [0.15, 0.2) is 25.3 Å². The molecule has 0 aromatic carbocycles. The van der Waals surface area contributed by atoms with E-state index in [-0.39, 0.29) is 30.1 Å². The van der Waals surface area contributed by atoms with Gasteiger partial charge in [-0.3, -0.25) is 14.4 Å². The number of carboxylic acids is 1. The quantitative estimate of drug-likeness (QED) is 0.150. The zero-order valence-electron chi connectivity index (χ0n) is 23.8. The molecule has 8 nitrogen and oxygen atoms in total. The summed E-state index contributed by atoms with van der Waals surface area (Å²) in [6.07, 6.45) is 11.6. The van der Waals surface area contributed by atoms with Crippen LogP contribution >= 0.6 is 0 Å². The van der Waals surface area contributed by atoms with Crippen molar-refractivity contribution in [1.82, 2.24) is 15.5 Å². The summed E-state index contributed by atoms with van der Waals surface area (Å²) in [6.45, 7) is 13.5. The van der Waals surface area contributed by atoms with E-state index in [1.165, 1.54) is 11.3 Å².